The summed E-state index contributed by atoms with van der Waals surface area (Å²) < 4.78 is 13.0. The predicted molar refractivity (Wildman–Crippen MR) is 54.1 cm³/mol. The highest BCUT2D eigenvalue weighted by atomic mass is 35.5. The van der Waals surface area contributed by atoms with Crippen LogP contribution >= 0.6 is 11.6 Å². The van der Waals surface area contributed by atoms with Crippen LogP contribution in [0.2, 0.25) is 5.02 Å². The second kappa shape index (κ2) is 4.19. The van der Waals surface area contributed by atoms with Crippen molar-refractivity contribution in [2.24, 2.45) is 4.99 Å². The van der Waals surface area contributed by atoms with Crippen LogP contribution in [-0.4, -0.2) is 12.8 Å². The Morgan fingerprint density at radius 1 is 1.62 bits per heavy atom. The molecule has 0 aliphatic rings. The topological polar surface area (TPSA) is 12.4 Å². The largest absolute Gasteiger partial charge is 0.288 e. The Bertz CT molecular complexity index is 358. The van der Waals surface area contributed by atoms with Crippen molar-refractivity contribution in [3.05, 3.63) is 47.3 Å². The van der Waals surface area contributed by atoms with Crippen LogP contribution in [0.1, 0.15) is 5.56 Å². The van der Waals surface area contributed by atoms with Gasteiger partial charge in [0.15, 0.2) is 0 Å². The third kappa shape index (κ3) is 2.16. The van der Waals surface area contributed by atoms with Crippen molar-refractivity contribution in [3.8, 4) is 0 Å². The average Bonchev–Trinajstić information content (AvgIpc) is 2.13. The van der Waals surface area contributed by atoms with Gasteiger partial charge in [-0.2, -0.15) is 0 Å². The normalized spacial score (nSPS) is 11.5. The molecule has 1 rings (SSSR count). The van der Waals surface area contributed by atoms with E-state index in [4.69, 9.17) is 11.6 Å². The summed E-state index contributed by atoms with van der Waals surface area (Å²) in [6.45, 7) is 3.57. The summed E-state index contributed by atoms with van der Waals surface area (Å²) in [4.78, 5) is 3.94. The van der Waals surface area contributed by atoms with E-state index in [-0.39, 0.29) is 5.02 Å². The highest BCUT2D eigenvalue weighted by Crippen LogP contribution is 2.16. The zero-order chi connectivity index (χ0) is 9.84. The number of nitrogens with zero attached hydrogens (tertiary/aromatic N) is 1. The molecule has 13 heavy (non-hydrogen) atoms. The summed E-state index contributed by atoms with van der Waals surface area (Å²) in [5, 5.41) is 0.114. The van der Waals surface area contributed by atoms with Gasteiger partial charge in [-0.05, 0) is 18.2 Å². The van der Waals surface area contributed by atoms with Gasteiger partial charge in [-0.15, -0.1) is 0 Å². The molecule has 0 aliphatic carbocycles. The van der Waals surface area contributed by atoms with Crippen molar-refractivity contribution in [3.63, 3.8) is 0 Å². The molecule has 0 heterocycles. The SMILES string of the molecule is C=CC(=NC)c1ccc(Cl)c(F)c1. The van der Waals surface area contributed by atoms with Crippen LogP contribution in [0, 0.1) is 5.82 Å². The fourth-order valence-electron chi connectivity index (χ4n) is 0.994. The molecule has 0 radical (unpaired) electrons. The van der Waals surface area contributed by atoms with E-state index in [2.05, 4.69) is 11.6 Å². The maximum Gasteiger partial charge on any atom is 0.142 e. The van der Waals surface area contributed by atoms with Crippen LogP contribution in [0.25, 0.3) is 0 Å². The second-order valence-corrected chi connectivity index (χ2v) is 2.85. The third-order valence-electron chi connectivity index (χ3n) is 1.65. The molecule has 1 aromatic rings. The first kappa shape index (κ1) is 9.93. The highest BCUT2D eigenvalue weighted by Gasteiger charge is 2.03. The number of hydrogen-bond acceptors (Lipinski definition) is 1. The number of benzene rings is 1. The minimum atomic E-state index is -0.442. The molecular weight excluding hydrogens is 189 g/mol. The molecule has 0 spiro atoms. The van der Waals surface area contributed by atoms with Crippen molar-refractivity contribution >= 4 is 17.3 Å². The van der Waals surface area contributed by atoms with Crippen LogP contribution in [0.5, 0.6) is 0 Å². The van der Waals surface area contributed by atoms with Gasteiger partial charge in [0.1, 0.15) is 5.82 Å². The van der Waals surface area contributed by atoms with E-state index in [1.807, 2.05) is 0 Å². The molecule has 0 aromatic heterocycles. The number of allylic oxidation sites excluding steroid dienone is 1. The van der Waals surface area contributed by atoms with Gasteiger partial charge in [-0.25, -0.2) is 4.39 Å². The smallest absolute Gasteiger partial charge is 0.142 e. The summed E-state index contributed by atoms with van der Waals surface area (Å²) in [7, 11) is 1.63. The molecule has 3 heteroatoms. The molecule has 0 atom stereocenters. The van der Waals surface area contributed by atoms with Gasteiger partial charge in [-0.1, -0.05) is 24.2 Å². The molecule has 0 saturated heterocycles. The number of aliphatic imine (C=N–C) groups is 1. The van der Waals surface area contributed by atoms with Crippen molar-refractivity contribution in [1.29, 1.82) is 0 Å². The minimum Gasteiger partial charge on any atom is -0.288 e. The minimum absolute atomic E-state index is 0.114. The first-order chi connectivity index (χ1) is 6.19. The summed E-state index contributed by atoms with van der Waals surface area (Å²) in [5.74, 6) is -0.442. The van der Waals surface area contributed by atoms with Gasteiger partial charge >= 0.3 is 0 Å². The van der Waals surface area contributed by atoms with Crippen LogP contribution in [0.3, 0.4) is 0 Å². The Morgan fingerprint density at radius 2 is 2.31 bits per heavy atom. The van der Waals surface area contributed by atoms with E-state index in [9.17, 15) is 4.39 Å². The van der Waals surface area contributed by atoms with E-state index in [1.54, 1.807) is 19.2 Å². The van der Waals surface area contributed by atoms with E-state index >= 15 is 0 Å². The molecule has 0 fully saturated rings. The quantitative estimate of drug-likeness (QED) is 0.647. The molecule has 0 amide bonds. The van der Waals surface area contributed by atoms with Crippen molar-refractivity contribution in [2.75, 3.05) is 7.05 Å². The maximum absolute atomic E-state index is 13.0. The maximum atomic E-state index is 13.0. The van der Waals surface area contributed by atoms with E-state index in [1.165, 1.54) is 12.1 Å². The molecular formula is C10H9ClFN. The Hall–Kier alpha value is -1.15. The van der Waals surface area contributed by atoms with Crippen LogP contribution in [0.15, 0.2) is 35.8 Å². The first-order valence-electron chi connectivity index (χ1n) is 3.73. The molecule has 0 saturated carbocycles. The number of halogens is 2. The molecule has 0 unspecified atom stereocenters. The Balaban J connectivity index is 3.17. The molecule has 0 aliphatic heterocycles. The van der Waals surface area contributed by atoms with Gasteiger partial charge in [0.2, 0.25) is 0 Å². The highest BCUT2D eigenvalue weighted by molar-refractivity contribution is 6.30. The van der Waals surface area contributed by atoms with Gasteiger partial charge in [0.25, 0.3) is 0 Å². The monoisotopic (exact) mass is 197 g/mol. The Kier molecular flexibility index (Phi) is 3.20. The lowest BCUT2D eigenvalue weighted by atomic mass is 10.1. The molecule has 0 N–H and O–H groups in total. The van der Waals surface area contributed by atoms with Gasteiger partial charge < -0.3 is 0 Å². The standard InChI is InChI=1S/C10H9ClFN/c1-3-10(13-2)7-4-5-8(11)9(12)6-7/h3-6H,1H2,2H3. The van der Waals surface area contributed by atoms with E-state index < -0.39 is 5.82 Å². The second-order valence-electron chi connectivity index (χ2n) is 2.44. The lowest BCUT2D eigenvalue weighted by molar-refractivity contribution is 0.628. The predicted octanol–water partition coefficient (Wildman–Crippen LogP) is 3.08. The number of rotatable bonds is 2. The number of hydrogen-bond donors (Lipinski definition) is 0. The van der Waals surface area contributed by atoms with Gasteiger partial charge in [0, 0.05) is 12.6 Å². The lowest BCUT2D eigenvalue weighted by Crippen LogP contribution is -1.96. The van der Waals surface area contributed by atoms with Crippen LogP contribution < -0.4 is 0 Å². The Labute approximate surface area is 81.6 Å². The van der Waals surface area contributed by atoms with E-state index in [0.717, 1.165) is 0 Å². The summed E-state index contributed by atoms with van der Waals surface area (Å²) >= 11 is 5.53. The third-order valence-corrected chi connectivity index (χ3v) is 1.96. The average molecular weight is 198 g/mol. The summed E-state index contributed by atoms with van der Waals surface area (Å²) in [5.41, 5.74) is 1.33. The zero-order valence-electron chi connectivity index (χ0n) is 7.22. The fraction of sp³-hybridized carbons (Fsp3) is 0.100. The van der Waals surface area contributed by atoms with Crippen molar-refractivity contribution in [1.82, 2.24) is 0 Å². The van der Waals surface area contributed by atoms with Crippen molar-refractivity contribution < 1.29 is 4.39 Å². The molecule has 0 bridgehead atoms. The lowest BCUT2D eigenvalue weighted by Gasteiger charge is -2.01. The van der Waals surface area contributed by atoms with Gasteiger partial charge in [-0.3, -0.25) is 4.99 Å². The van der Waals surface area contributed by atoms with Crippen molar-refractivity contribution in [2.45, 2.75) is 0 Å². The first-order valence-corrected chi connectivity index (χ1v) is 4.11. The van der Waals surface area contributed by atoms with Crippen LogP contribution in [0.4, 0.5) is 4.39 Å². The molecule has 1 aromatic carbocycles. The zero-order valence-corrected chi connectivity index (χ0v) is 7.98. The Morgan fingerprint density at radius 3 is 2.77 bits per heavy atom. The van der Waals surface area contributed by atoms with Gasteiger partial charge in [0.05, 0.1) is 10.7 Å². The van der Waals surface area contributed by atoms with E-state index in [0.29, 0.717) is 11.3 Å². The summed E-state index contributed by atoms with van der Waals surface area (Å²) in [6, 6.07) is 4.54. The summed E-state index contributed by atoms with van der Waals surface area (Å²) in [6.07, 6.45) is 1.57. The fourth-order valence-corrected chi connectivity index (χ4v) is 1.11. The van der Waals surface area contributed by atoms with Crippen LogP contribution in [-0.2, 0) is 0 Å². The molecule has 1 nitrogen and oxygen atoms in total. The molecule has 68 valence electrons.